The number of esters is 1. The Morgan fingerprint density at radius 2 is 2.10 bits per heavy atom. The van der Waals surface area contributed by atoms with Gasteiger partial charge in [-0.1, -0.05) is 12.1 Å². The van der Waals surface area contributed by atoms with Crippen molar-refractivity contribution in [3.8, 4) is 10.6 Å². The minimum Gasteiger partial charge on any atom is -0.464 e. The molecule has 31 heavy (non-hydrogen) atoms. The number of fused-ring (bicyclic) bond motifs is 1. The zero-order chi connectivity index (χ0) is 21.8. The van der Waals surface area contributed by atoms with Crippen molar-refractivity contribution in [1.82, 2.24) is 15.0 Å². The molecule has 0 spiro atoms. The summed E-state index contributed by atoms with van der Waals surface area (Å²) in [5.74, 6) is 1.23. The molecule has 0 amide bonds. The summed E-state index contributed by atoms with van der Waals surface area (Å²) < 4.78 is 6.10. The lowest BCUT2D eigenvalue weighted by molar-refractivity contribution is -0.140. The van der Waals surface area contributed by atoms with Crippen LogP contribution in [0.3, 0.4) is 0 Å². The van der Waals surface area contributed by atoms with E-state index >= 15 is 0 Å². The van der Waals surface area contributed by atoms with E-state index in [4.69, 9.17) is 14.7 Å². The molecule has 1 aliphatic carbocycles. The van der Waals surface area contributed by atoms with E-state index in [1.54, 1.807) is 11.3 Å². The van der Waals surface area contributed by atoms with Gasteiger partial charge in [-0.15, -0.1) is 11.3 Å². The van der Waals surface area contributed by atoms with Crippen molar-refractivity contribution in [1.29, 1.82) is 0 Å². The number of hydrogen-bond donors (Lipinski definition) is 3. The summed E-state index contributed by atoms with van der Waals surface area (Å²) in [4.78, 5) is 25.2. The first-order chi connectivity index (χ1) is 15.0. The number of nitrogens with zero attached hydrogens (tertiary/aromatic N) is 3. The van der Waals surface area contributed by atoms with Crippen LogP contribution in [0.1, 0.15) is 31.9 Å². The molecule has 1 fully saturated rings. The van der Waals surface area contributed by atoms with Crippen LogP contribution in [-0.2, 0) is 9.53 Å². The number of ether oxygens (including phenoxy) is 1. The standard InChI is InChI=1S/C22H27N5O3S/c1-13-19(21-26-17-5-3-4-6-18(17)31-21)20(25-16-8-7-15(11-16)12-28)27-22(24-13)23-9-10-30-14(2)29/h3-6,15-16,28H,7-12H2,1-2H3,(H2,23,24,25,27)/t15-,16+/m1/s1. The van der Waals surface area contributed by atoms with Crippen LogP contribution in [0.2, 0.25) is 0 Å². The highest BCUT2D eigenvalue weighted by Gasteiger charge is 2.26. The summed E-state index contributed by atoms with van der Waals surface area (Å²) in [6, 6.07) is 8.31. The molecule has 4 rings (SSSR count). The number of aliphatic hydroxyl groups excluding tert-OH is 1. The fraction of sp³-hybridized carbons (Fsp3) is 0.455. The summed E-state index contributed by atoms with van der Waals surface area (Å²) in [7, 11) is 0. The highest BCUT2D eigenvalue weighted by Crippen LogP contribution is 2.37. The van der Waals surface area contributed by atoms with Gasteiger partial charge in [0, 0.05) is 19.6 Å². The lowest BCUT2D eigenvalue weighted by Crippen LogP contribution is -2.20. The highest BCUT2D eigenvalue weighted by atomic mass is 32.1. The normalized spacial score (nSPS) is 18.3. The van der Waals surface area contributed by atoms with Gasteiger partial charge in [0.15, 0.2) is 0 Å². The maximum absolute atomic E-state index is 11.0. The highest BCUT2D eigenvalue weighted by molar-refractivity contribution is 7.21. The predicted octanol–water partition coefficient (Wildman–Crippen LogP) is 3.61. The maximum atomic E-state index is 11.0. The Morgan fingerprint density at radius 1 is 1.26 bits per heavy atom. The SMILES string of the molecule is CC(=O)OCCNc1nc(C)c(-c2nc3ccccc3s2)c(N[C@H]2CC[C@@H](CO)C2)n1. The van der Waals surface area contributed by atoms with Crippen LogP contribution < -0.4 is 10.6 Å². The summed E-state index contributed by atoms with van der Waals surface area (Å²) in [5, 5.41) is 17.1. The second kappa shape index (κ2) is 9.57. The molecule has 0 radical (unpaired) electrons. The van der Waals surface area contributed by atoms with E-state index < -0.39 is 0 Å². The van der Waals surface area contributed by atoms with Gasteiger partial charge in [0.05, 0.1) is 28.0 Å². The Bertz CT molecular complexity index is 1040. The van der Waals surface area contributed by atoms with Crippen molar-refractivity contribution in [2.75, 3.05) is 30.4 Å². The Balaban J connectivity index is 1.64. The van der Waals surface area contributed by atoms with Crippen LogP contribution in [0.25, 0.3) is 20.8 Å². The van der Waals surface area contributed by atoms with Crippen LogP contribution in [0.15, 0.2) is 24.3 Å². The number of para-hydroxylation sites is 1. The van der Waals surface area contributed by atoms with E-state index in [1.807, 2.05) is 25.1 Å². The van der Waals surface area contributed by atoms with Gasteiger partial charge < -0.3 is 20.5 Å². The first-order valence-corrected chi connectivity index (χ1v) is 11.3. The Kier molecular flexibility index (Phi) is 6.62. The first kappa shape index (κ1) is 21.5. The number of aromatic nitrogens is 3. The molecule has 1 aromatic carbocycles. The first-order valence-electron chi connectivity index (χ1n) is 10.5. The van der Waals surface area contributed by atoms with Gasteiger partial charge >= 0.3 is 5.97 Å². The number of anilines is 2. The number of thiazole rings is 1. The second-order valence-corrected chi connectivity index (χ2v) is 8.84. The molecule has 2 heterocycles. The van der Waals surface area contributed by atoms with Gasteiger partial charge in [-0.3, -0.25) is 4.79 Å². The lowest BCUT2D eigenvalue weighted by Gasteiger charge is -2.18. The zero-order valence-electron chi connectivity index (χ0n) is 17.7. The molecule has 8 nitrogen and oxygen atoms in total. The predicted molar refractivity (Wildman–Crippen MR) is 122 cm³/mol. The molecule has 9 heteroatoms. The van der Waals surface area contributed by atoms with Gasteiger partial charge in [0.1, 0.15) is 17.4 Å². The summed E-state index contributed by atoms with van der Waals surface area (Å²) in [5.41, 5.74) is 2.68. The number of hydrogen-bond acceptors (Lipinski definition) is 9. The van der Waals surface area contributed by atoms with Crippen molar-refractivity contribution in [2.45, 2.75) is 39.2 Å². The Labute approximate surface area is 185 Å². The third-order valence-electron chi connectivity index (χ3n) is 5.43. The summed E-state index contributed by atoms with van der Waals surface area (Å²) in [6.07, 6.45) is 2.90. The molecular weight excluding hydrogens is 414 g/mol. The average Bonchev–Trinajstić information content (AvgIpc) is 3.37. The van der Waals surface area contributed by atoms with Crippen LogP contribution in [0.4, 0.5) is 11.8 Å². The molecule has 1 aliphatic rings. The Morgan fingerprint density at radius 3 is 2.84 bits per heavy atom. The average molecular weight is 442 g/mol. The van der Waals surface area contributed by atoms with E-state index in [2.05, 4.69) is 21.7 Å². The number of aliphatic hydroxyl groups is 1. The lowest BCUT2D eigenvalue weighted by atomic mass is 10.1. The minimum atomic E-state index is -0.313. The Hall–Kier alpha value is -2.78. The maximum Gasteiger partial charge on any atom is 0.302 e. The molecule has 0 bridgehead atoms. The quantitative estimate of drug-likeness (QED) is 0.359. The number of aryl methyl sites for hydroxylation is 1. The molecule has 3 N–H and O–H groups in total. The zero-order valence-corrected chi connectivity index (χ0v) is 18.5. The summed E-state index contributed by atoms with van der Waals surface area (Å²) in [6.45, 7) is 4.23. The number of carbonyl (C=O) groups excluding carboxylic acids is 1. The molecule has 0 aliphatic heterocycles. The topological polar surface area (TPSA) is 109 Å². The summed E-state index contributed by atoms with van der Waals surface area (Å²) >= 11 is 1.62. The second-order valence-electron chi connectivity index (χ2n) is 7.81. The van der Waals surface area contributed by atoms with Crippen molar-refractivity contribution >= 4 is 39.3 Å². The van der Waals surface area contributed by atoms with E-state index in [0.29, 0.717) is 18.4 Å². The number of carbonyl (C=O) groups is 1. The van der Waals surface area contributed by atoms with Gasteiger partial charge in [0.2, 0.25) is 5.95 Å². The van der Waals surface area contributed by atoms with Crippen molar-refractivity contribution in [3.05, 3.63) is 30.0 Å². The van der Waals surface area contributed by atoms with E-state index in [9.17, 15) is 9.90 Å². The fourth-order valence-corrected chi connectivity index (χ4v) is 4.98. The van der Waals surface area contributed by atoms with Gasteiger partial charge in [0.25, 0.3) is 0 Å². The minimum absolute atomic E-state index is 0.217. The van der Waals surface area contributed by atoms with Gasteiger partial charge in [-0.25, -0.2) is 9.97 Å². The fourth-order valence-electron chi connectivity index (χ4n) is 3.91. The van der Waals surface area contributed by atoms with E-state index in [0.717, 1.165) is 51.6 Å². The monoisotopic (exact) mass is 441 g/mol. The molecule has 2 aromatic heterocycles. The third-order valence-corrected chi connectivity index (χ3v) is 6.48. The van der Waals surface area contributed by atoms with Crippen LogP contribution in [0, 0.1) is 12.8 Å². The number of benzene rings is 1. The third kappa shape index (κ3) is 5.11. The van der Waals surface area contributed by atoms with Crippen LogP contribution in [0.5, 0.6) is 0 Å². The smallest absolute Gasteiger partial charge is 0.302 e. The van der Waals surface area contributed by atoms with Crippen LogP contribution in [-0.4, -0.2) is 51.8 Å². The molecule has 1 saturated carbocycles. The molecule has 0 saturated heterocycles. The molecule has 164 valence electrons. The van der Waals surface area contributed by atoms with Gasteiger partial charge in [-0.2, -0.15) is 4.98 Å². The van der Waals surface area contributed by atoms with E-state index in [1.165, 1.54) is 6.92 Å². The van der Waals surface area contributed by atoms with Crippen molar-refractivity contribution in [3.63, 3.8) is 0 Å². The molecular formula is C22H27N5O3S. The number of rotatable bonds is 8. The van der Waals surface area contributed by atoms with E-state index in [-0.39, 0.29) is 25.2 Å². The van der Waals surface area contributed by atoms with Crippen molar-refractivity contribution < 1.29 is 14.6 Å². The largest absolute Gasteiger partial charge is 0.464 e. The molecule has 2 atom stereocenters. The van der Waals surface area contributed by atoms with Gasteiger partial charge in [-0.05, 0) is 44.2 Å². The molecule has 3 aromatic rings. The van der Waals surface area contributed by atoms with Crippen molar-refractivity contribution in [2.24, 2.45) is 5.92 Å². The molecule has 0 unspecified atom stereocenters. The van der Waals surface area contributed by atoms with Crippen LogP contribution >= 0.6 is 11.3 Å². The number of nitrogens with one attached hydrogen (secondary N) is 2.